The zero-order chi connectivity index (χ0) is 20.5. The molecule has 0 unspecified atom stereocenters. The van der Waals surface area contributed by atoms with E-state index < -0.39 is 0 Å². The zero-order valence-corrected chi connectivity index (χ0v) is 18.0. The van der Waals surface area contributed by atoms with Crippen LogP contribution in [0.4, 0.5) is 5.82 Å². The van der Waals surface area contributed by atoms with Gasteiger partial charge in [-0.3, -0.25) is 9.47 Å². The molecule has 1 aromatic carbocycles. The van der Waals surface area contributed by atoms with Crippen LogP contribution in [-0.4, -0.2) is 49.8 Å². The fourth-order valence-electron chi connectivity index (χ4n) is 5.51. The Kier molecular flexibility index (Phi) is 3.95. The highest BCUT2D eigenvalue weighted by atomic mass is 35.5. The highest BCUT2D eigenvalue weighted by molar-refractivity contribution is 6.30. The number of anilines is 1. The van der Waals surface area contributed by atoms with Crippen molar-refractivity contribution in [3.8, 4) is 5.69 Å². The number of nitrogens with zero attached hydrogens (tertiary/aromatic N) is 7. The van der Waals surface area contributed by atoms with E-state index >= 15 is 0 Å². The van der Waals surface area contributed by atoms with Gasteiger partial charge in [-0.05, 0) is 50.6 Å². The quantitative estimate of drug-likeness (QED) is 0.632. The molecule has 0 bridgehead atoms. The van der Waals surface area contributed by atoms with Crippen LogP contribution in [0.25, 0.3) is 5.69 Å². The fourth-order valence-corrected chi connectivity index (χ4v) is 5.70. The smallest absolute Gasteiger partial charge is 0.151 e. The first-order chi connectivity index (χ1) is 14.5. The van der Waals surface area contributed by atoms with Crippen molar-refractivity contribution in [2.45, 2.75) is 38.8 Å². The van der Waals surface area contributed by atoms with Gasteiger partial charge < -0.3 is 4.90 Å². The Bertz CT molecular complexity index is 1130. The first-order valence-corrected chi connectivity index (χ1v) is 10.8. The first kappa shape index (κ1) is 18.3. The second-order valence-electron chi connectivity index (χ2n) is 9.25. The minimum atomic E-state index is 0.388. The van der Waals surface area contributed by atoms with Crippen LogP contribution < -0.4 is 4.90 Å². The van der Waals surface area contributed by atoms with Crippen molar-refractivity contribution in [1.82, 2.24) is 29.6 Å². The van der Waals surface area contributed by atoms with Crippen LogP contribution in [0.1, 0.15) is 41.5 Å². The molecule has 4 heterocycles. The fraction of sp³-hybridized carbons (Fsp3) is 0.455. The average Bonchev–Trinajstić information content (AvgIpc) is 2.97. The van der Waals surface area contributed by atoms with E-state index in [1.165, 1.54) is 11.3 Å². The molecular weight excluding hydrogens is 398 g/mol. The second kappa shape index (κ2) is 6.49. The van der Waals surface area contributed by atoms with Crippen LogP contribution in [-0.2, 0) is 13.1 Å². The van der Waals surface area contributed by atoms with Crippen molar-refractivity contribution in [2.75, 3.05) is 25.0 Å². The summed E-state index contributed by atoms with van der Waals surface area (Å²) in [5, 5.41) is 9.99. The average molecular weight is 422 g/mol. The molecule has 154 valence electrons. The lowest BCUT2D eigenvalue weighted by atomic mass is 9.57. The molecule has 1 spiro atoms. The van der Waals surface area contributed by atoms with Crippen LogP contribution in [0, 0.1) is 12.3 Å². The minimum absolute atomic E-state index is 0.388. The molecule has 7 nitrogen and oxygen atoms in total. The molecule has 1 saturated heterocycles. The summed E-state index contributed by atoms with van der Waals surface area (Å²) in [4.78, 5) is 13.2. The zero-order valence-electron chi connectivity index (χ0n) is 17.2. The Morgan fingerprint density at radius 3 is 2.77 bits per heavy atom. The van der Waals surface area contributed by atoms with Crippen molar-refractivity contribution < 1.29 is 0 Å². The Hall–Kier alpha value is -2.51. The number of benzene rings is 1. The lowest BCUT2D eigenvalue weighted by Gasteiger charge is -2.59. The molecular formula is C22H24ClN7. The molecule has 2 fully saturated rings. The summed E-state index contributed by atoms with van der Waals surface area (Å²) in [5.74, 6) is 3.64. The number of aryl methyl sites for hydroxylation is 1. The Labute approximate surface area is 180 Å². The summed E-state index contributed by atoms with van der Waals surface area (Å²) >= 11 is 6.29. The Balaban J connectivity index is 1.25. The van der Waals surface area contributed by atoms with Gasteiger partial charge >= 0.3 is 0 Å². The molecule has 1 aliphatic carbocycles. The summed E-state index contributed by atoms with van der Waals surface area (Å²) in [6.45, 7) is 5.86. The number of aromatic nitrogens is 5. The summed E-state index contributed by atoms with van der Waals surface area (Å²) < 4.78 is 2.29. The van der Waals surface area contributed by atoms with Gasteiger partial charge in [0.25, 0.3) is 0 Å². The van der Waals surface area contributed by atoms with Gasteiger partial charge in [-0.1, -0.05) is 11.6 Å². The lowest BCUT2D eigenvalue weighted by Crippen LogP contribution is -2.62. The van der Waals surface area contributed by atoms with Gasteiger partial charge in [0.2, 0.25) is 0 Å². The van der Waals surface area contributed by atoms with Crippen LogP contribution in [0.3, 0.4) is 0 Å². The molecule has 6 rings (SSSR count). The van der Waals surface area contributed by atoms with Crippen molar-refractivity contribution in [2.24, 2.45) is 5.41 Å². The molecule has 8 heteroatoms. The van der Waals surface area contributed by atoms with E-state index in [0.29, 0.717) is 11.3 Å². The van der Waals surface area contributed by atoms with Crippen molar-refractivity contribution >= 4 is 17.4 Å². The predicted octanol–water partition coefficient (Wildman–Crippen LogP) is 3.35. The molecule has 3 aliphatic rings. The Morgan fingerprint density at radius 1 is 1.13 bits per heavy atom. The van der Waals surface area contributed by atoms with Crippen LogP contribution >= 0.6 is 11.6 Å². The normalized spacial score (nSPS) is 20.3. The molecule has 2 aromatic heterocycles. The van der Waals surface area contributed by atoms with Gasteiger partial charge in [0.05, 0.1) is 12.2 Å². The molecule has 0 N–H and O–H groups in total. The van der Waals surface area contributed by atoms with Crippen LogP contribution in [0.5, 0.6) is 0 Å². The van der Waals surface area contributed by atoms with E-state index in [2.05, 4.69) is 60.6 Å². The molecule has 0 amide bonds. The maximum Gasteiger partial charge on any atom is 0.151 e. The summed E-state index contributed by atoms with van der Waals surface area (Å²) in [6, 6.07) is 6.16. The topological polar surface area (TPSA) is 63.0 Å². The van der Waals surface area contributed by atoms with Gasteiger partial charge in [0.1, 0.15) is 18.0 Å². The van der Waals surface area contributed by atoms with Crippen molar-refractivity contribution in [1.29, 1.82) is 0 Å². The molecule has 1 saturated carbocycles. The van der Waals surface area contributed by atoms with Crippen LogP contribution in [0.2, 0.25) is 5.02 Å². The number of rotatable bonds is 2. The molecule has 30 heavy (non-hydrogen) atoms. The Morgan fingerprint density at radius 2 is 1.97 bits per heavy atom. The third-order valence-corrected chi connectivity index (χ3v) is 7.07. The largest absolute Gasteiger partial charge is 0.355 e. The molecule has 0 radical (unpaired) electrons. The maximum atomic E-state index is 6.29. The molecule has 0 atom stereocenters. The first-order valence-electron chi connectivity index (χ1n) is 10.4. The number of hydrogen-bond acceptors (Lipinski definition) is 6. The standard InChI is InChI=1S/C22H24ClN7/c1-14-8-24-13-25-20(14)29-11-22(12-29)6-16(7-22)21-27-26-19-10-28(2)9-15-5-17(23)3-4-18(15)30(19)21/h3-5,8,13,16H,6-7,9-12H2,1-2H3. The highest BCUT2D eigenvalue weighted by Gasteiger charge is 2.54. The van der Waals surface area contributed by atoms with E-state index in [4.69, 9.17) is 11.6 Å². The third-order valence-electron chi connectivity index (χ3n) is 6.83. The summed E-state index contributed by atoms with van der Waals surface area (Å²) in [5.41, 5.74) is 3.93. The third kappa shape index (κ3) is 2.76. The van der Waals surface area contributed by atoms with Gasteiger partial charge in [0.15, 0.2) is 5.82 Å². The van der Waals surface area contributed by atoms with Crippen molar-refractivity contribution in [3.05, 3.63) is 58.5 Å². The predicted molar refractivity (Wildman–Crippen MR) is 115 cm³/mol. The summed E-state index contributed by atoms with van der Waals surface area (Å²) in [6.07, 6.45) is 5.85. The van der Waals surface area contributed by atoms with Gasteiger partial charge in [0, 0.05) is 47.8 Å². The van der Waals surface area contributed by atoms with Gasteiger partial charge in [-0.15, -0.1) is 10.2 Å². The number of halogens is 1. The lowest BCUT2D eigenvalue weighted by molar-refractivity contribution is 0.0580. The van der Waals surface area contributed by atoms with E-state index in [-0.39, 0.29) is 0 Å². The van der Waals surface area contributed by atoms with E-state index in [1.807, 2.05) is 12.3 Å². The van der Waals surface area contributed by atoms with E-state index in [0.717, 1.165) is 67.1 Å². The van der Waals surface area contributed by atoms with E-state index in [9.17, 15) is 0 Å². The van der Waals surface area contributed by atoms with Gasteiger partial charge in [-0.25, -0.2) is 9.97 Å². The van der Waals surface area contributed by atoms with Crippen molar-refractivity contribution in [3.63, 3.8) is 0 Å². The highest BCUT2D eigenvalue weighted by Crippen LogP contribution is 2.56. The number of fused-ring (bicyclic) bond motifs is 3. The number of hydrogen-bond donors (Lipinski definition) is 0. The van der Waals surface area contributed by atoms with Gasteiger partial charge in [-0.2, -0.15) is 0 Å². The second-order valence-corrected chi connectivity index (χ2v) is 9.68. The monoisotopic (exact) mass is 421 g/mol. The SMILES string of the molecule is Cc1cncnc1N1CC2(CC(c3nnc4n3-c3ccc(Cl)cc3CN(C)C4)C2)C1. The minimum Gasteiger partial charge on any atom is -0.355 e. The van der Waals surface area contributed by atoms with E-state index in [1.54, 1.807) is 6.33 Å². The maximum absolute atomic E-state index is 6.29. The summed E-state index contributed by atoms with van der Waals surface area (Å²) in [7, 11) is 2.12. The molecule has 3 aromatic rings. The molecule has 2 aliphatic heterocycles. The van der Waals surface area contributed by atoms with Crippen LogP contribution in [0.15, 0.2) is 30.7 Å².